The molecule has 2 aromatic rings. The fourth-order valence-electron chi connectivity index (χ4n) is 1.90. The lowest BCUT2D eigenvalue weighted by Gasteiger charge is -2.12. The first-order valence-corrected chi connectivity index (χ1v) is 6.35. The fraction of sp³-hybridized carbons (Fsp3) is 0.188. The van der Waals surface area contributed by atoms with Crippen molar-refractivity contribution in [3.63, 3.8) is 0 Å². The summed E-state index contributed by atoms with van der Waals surface area (Å²) in [6.45, 7) is 5.49. The Bertz CT molecular complexity index is 649. The fourth-order valence-corrected chi connectivity index (χ4v) is 1.90. The molecule has 0 aromatic heterocycles. The summed E-state index contributed by atoms with van der Waals surface area (Å²) in [5.41, 5.74) is 1.17. The van der Waals surface area contributed by atoms with Gasteiger partial charge in [0.05, 0.1) is 6.61 Å². The minimum absolute atomic E-state index is 0.0392. The van der Waals surface area contributed by atoms with E-state index >= 15 is 0 Å². The standard InChI is InChI=1S/C16H17NO3/c1-11(2)16(19)17-14-7-3-6-13-12(14)5-4-8-15(13)20-10-9-18/h3-8,18H,1,9-10H2,2H3,(H,17,19). The van der Waals surface area contributed by atoms with Gasteiger partial charge in [0.25, 0.3) is 5.91 Å². The van der Waals surface area contributed by atoms with Crippen molar-refractivity contribution in [2.45, 2.75) is 6.92 Å². The van der Waals surface area contributed by atoms with E-state index in [4.69, 9.17) is 9.84 Å². The minimum atomic E-state index is -0.209. The first kappa shape index (κ1) is 14.1. The maximum absolute atomic E-state index is 11.7. The number of carbonyl (C=O) groups excluding carboxylic acids is 1. The third-order valence-corrected chi connectivity index (χ3v) is 2.87. The average Bonchev–Trinajstić information content (AvgIpc) is 2.45. The molecule has 0 aliphatic heterocycles. The van der Waals surface area contributed by atoms with Gasteiger partial charge >= 0.3 is 0 Å². The van der Waals surface area contributed by atoms with E-state index < -0.39 is 0 Å². The Morgan fingerprint density at radius 3 is 2.65 bits per heavy atom. The van der Waals surface area contributed by atoms with Gasteiger partial charge in [-0.2, -0.15) is 0 Å². The second-order valence-electron chi connectivity index (χ2n) is 4.46. The Morgan fingerprint density at radius 2 is 1.95 bits per heavy atom. The maximum atomic E-state index is 11.7. The summed E-state index contributed by atoms with van der Waals surface area (Å²) in [4.78, 5) is 11.7. The summed E-state index contributed by atoms with van der Waals surface area (Å²) in [7, 11) is 0. The molecule has 0 spiro atoms. The molecule has 104 valence electrons. The van der Waals surface area contributed by atoms with E-state index in [1.165, 1.54) is 0 Å². The van der Waals surface area contributed by atoms with Gasteiger partial charge in [0.2, 0.25) is 0 Å². The highest BCUT2D eigenvalue weighted by molar-refractivity contribution is 6.09. The third-order valence-electron chi connectivity index (χ3n) is 2.87. The second-order valence-corrected chi connectivity index (χ2v) is 4.46. The van der Waals surface area contributed by atoms with Gasteiger partial charge in [0.1, 0.15) is 12.4 Å². The number of benzene rings is 2. The molecule has 0 saturated carbocycles. The molecule has 0 heterocycles. The Kier molecular flexibility index (Phi) is 4.38. The summed E-state index contributed by atoms with van der Waals surface area (Å²) in [5, 5.41) is 13.4. The highest BCUT2D eigenvalue weighted by atomic mass is 16.5. The number of hydrogen-bond donors (Lipinski definition) is 2. The molecule has 2 rings (SSSR count). The van der Waals surface area contributed by atoms with E-state index in [0.717, 1.165) is 10.8 Å². The molecule has 1 amide bonds. The quantitative estimate of drug-likeness (QED) is 0.822. The SMILES string of the molecule is C=C(C)C(=O)Nc1cccc2c(OCCO)cccc12. The Balaban J connectivity index is 2.42. The molecule has 4 heteroatoms. The van der Waals surface area contributed by atoms with Gasteiger partial charge in [0.15, 0.2) is 0 Å². The van der Waals surface area contributed by atoms with Crippen LogP contribution in [-0.4, -0.2) is 24.2 Å². The van der Waals surface area contributed by atoms with Crippen LogP contribution in [-0.2, 0) is 4.79 Å². The van der Waals surface area contributed by atoms with Crippen LogP contribution in [0, 0.1) is 0 Å². The van der Waals surface area contributed by atoms with Crippen molar-refractivity contribution in [2.24, 2.45) is 0 Å². The maximum Gasteiger partial charge on any atom is 0.250 e. The Hall–Kier alpha value is -2.33. The van der Waals surface area contributed by atoms with E-state index in [-0.39, 0.29) is 19.1 Å². The molecule has 2 N–H and O–H groups in total. The van der Waals surface area contributed by atoms with Crippen LogP contribution >= 0.6 is 0 Å². The number of aliphatic hydroxyl groups is 1. The zero-order valence-electron chi connectivity index (χ0n) is 11.3. The van der Waals surface area contributed by atoms with Crippen LogP contribution in [0.5, 0.6) is 5.75 Å². The molecule has 4 nitrogen and oxygen atoms in total. The number of aliphatic hydroxyl groups excluding tert-OH is 1. The molecule has 0 saturated heterocycles. The van der Waals surface area contributed by atoms with Crippen molar-refractivity contribution in [2.75, 3.05) is 18.5 Å². The van der Waals surface area contributed by atoms with Gasteiger partial charge in [-0.05, 0) is 19.1 Å². The summed E-state index contributed by atoms with van der Waals surface area (Å²) in [6.07, 6.45) is 0. The molecular formula is C16H17NO3. The van der Waals surface area contributed by atoms with Gasteiger partial charge in [-0.15, -0.1) is 0 Å². The lowest BCUT2D eigenvalue weighted by Crippen LogP contribution is -2.12. The molecule has 0 aliphatic carbocycles. The number of rotatable bonds is 5. The van der Waals surface area contributed by atoms with Gasteiger partial charge < -0.3 is 15.2 Å². The summed E-state index contributed by atoms with van der Waals surface area (Å²) in [5.74, 6) is 0.474. The van der Waals surface area contributed by atoms with E-state index in [0.29, 0.717) is 17.0 Å². The van der Waals surface area contributed by atoms with Gasteiger partial charge in [0, 0.05) is 22.0 Å². The minimum Gasteiger partial charge on any atom is -0.491 e. The van der Waals surface area contributed by atoms with E-state index in [1.54, 1.807) is 6.92 Å². The number of nitrogens with one attached hydrogen (secondary N) is 1. The molecule has 0 atom stereocenters. The summed E-state index contributed by atoms with van der Waals surface area (Å²) in [6, 6.07) is 11.2. The molecule has 20 heavy (non-hydrogen) atoms. The lowest BCUT2D eigenvalue weighted by atomic mass is 10.1. The van der Waals surface area contributed by atoms with Gasteiger partial charge in [-0.3, -0.25) is 4.79 Å². The van der Waals surface area contributed by atoms with Crippen LogP contribution in [0.2, 0.25) is 0 Å². The third kappa shape index (κ3) is 2.97. The smallest absolute Gasteiger partial charge is 0.250 e. The first-order chi connectivity index (χ1) is 9.63. The number of hydrogen-bond acceptors (Lipinski definition) is 3. The normalized spacial score (nSPS) is 10.3. The van der Waals surface area contributed by atoms with E-state index in [1.807, 2.05) is 36.4 Å². The highest BCUT2D eigenvalue weighted by Crippen LogP contribution is 2.30. The monoisotopic (exact) mass is 271 g/mol. The molecule has 0 aliphatic rings. The number of fused-ring (bicyclic) bond motifs is 1. The molecule has 0 fully saturated rings. The van der Waals surface area contributed by atoms with Crippen molar-refractivity contribution in [3.8, 4) is 5.75 Å². The van der Waals surface area contributed by atoms with E-state index in [2.05, 4.69) is 11.9 Å². The number of amides is 1. The Morgan fingerprint density at radius 1 is 1.25 bits per heavy atom. The van der Waals surface area contributed by atoms with Gasteiger partial charge in [-0.25, -0.2) is 0 Å². The lowest BCUT2D eigenvalue weighted by molar-refractivity contribution is -0.112. The molecule has 0 unspecified atom stereocenters. The molecular weight excluding hydrogens is 254 g/mol. The molecule has 0 bridgehead atoms. The number of anilines is 1. The summed E-state index contributed by atoms with van der Waals surface area (Å²) >= 11 is 0. The highest BCUT2D eigenvalue weighted by Gasteiger charge is 2.08. The van der Waals surface area contributed by atoms with Crippen molar-refractivity contribution in [3.05, 3.63) is 48.6 Å². The van der Waals surface area contributed by atoms with Crippen molar-refractivity contribution in [1.29, 1.82) is 0 Å². The average molecular weight is 271 g/mol. The second kappa shape index (κ2) is 6.21. The van der Waals surface area contributed by atoms with Crippen LogP contribution in [0.25, 0.3) is 10.8 Å². The zero-order chi connectivity index (χ0) is 14.5. The first-order valence-electron chi connectivity index (χ1n) is 6.35. The Labute approximate surface area is 117 Å². The zero-order valence-corrected chi connectivity index (χ0v) is 11.3. The predicted octanol–water partition coefficient (Wildman–Crippen LogP) is 2.73. The van der Waals surface area contributed by atoms with Crippen LogP contribution in [0.4, 0.5) is 5.69 Å². The van der Waals surface area contributed by atoms with Crippen molar-refractivity contribution >= 4 is 22.4 Å². The van der Waals surface area contributed by atoms with Gasteiger partial charge in [-0.1, -0.05) is 30.8 Å². The van der Waals surface area contributed by atoms with Crippen LogP contribution in [0.3, 0.4) is 0 Å². The number of carbonyl (C=O) groups is 1. The van der Waals surface area contributed by atoms with Crippen molar-refractivity contribution < 1.29 is 14.6 Å². The molecule has 2 aromatic carbocycles. The largest absolute Gasteiger partial charge is 0.491 e. The topological polar surface area (TPSA) is 58.6 Å². The van der Waals surface area contributed by atoms with Crippen molar-refractivity contribution in [1.82, 2.24) is 0 Å². The molecule has 0 radical (unpaired) electrons. The predicted molar refractivity (Wildman–Crippen MR) is 80.0 cm³/mol. The number of ether oxygens (including phenoxy) is 1. The summed E-state index contributed by atoms with van der Waals surface area (Å²) < 4.78 is 5.50. The van der Waals surface area contributed by atoms with Crippen LogP contribution in [0.1, 0.15) is 6.92 Å². The van der Waals surface area contributed by atoms with E-state index in [9.17, 15) is 4.79 Å². The van der Waals surface area contributed by atoms with Crippen LogP contribution in [0.15, 0.2) is 48.6 Å². The van der Waals surface area contributed by atoms with Crippen LogP contribution < -0.4 is 10.1 Å².